The van der Waals surface area contributed by atoms with E-state index in [1.165, 1.54) is 19.3 Å². The molecule has 1 aliphatic carbocycles. The van der Waals surface area contributed by atoms with Crippen molar-refractivity contribution in [3.63, 3.8) is 0 Å². The van der Waals surface area contributed by atoms with E-state index in [9.17, 15) is 4.79 Å². The average molecular weight is 240 g/mol. The Morgan fingerprint density at radius 1 is 1.29 bits per heavy atom. The van der Waals surface area contributed by atoms with Crippen molar-refractivity contribution in [3.05, 3.63) is 0 Å². The van der Waals surface area contributed by atoms with Crippen molar-refractivity contribution in [2.24, 2.45) is 17.3 Å². The van der Waals surface area contributed by atoms with E-state index in [1.807, 2.05) is 7.05 Å². The second-order valence-electron chi connectivity index (χ2n) is 6.44. The zero-order chi connectivity index (χ0) is 12.9. The van der Waals surface area contributed by atoms with Crippen LogP contribution in [0.25, 0.3) is 0 Å². The Balaban J connectivity index is 2.32. The van der Waals surface area contributed by atoms with E-state index in [0.29, 0.717) is 17.8 Å². The van der Waals surface area contributed by atoms with Gasteiger partial charge in [0.05, 0.1) is 0 Å². The lowest BCUT2D eigenvalue weighted by atomic mass is 9.67. The molecule has 0 saturated heterocycles. The molecule has 0 aromatic heterocycles. The normalized spacial score (nSPS) is 27.8. The molecule has 0 aromatic rings. The predicted octanol–water partition coefficient (Wildman–Crippen LogP) is 2.17. The first kappa shape index (κ1) is 14.5. The number of likely N-dealkylation sites (N-methyl/N-ethyl adjacent to an activating group) is 1. The number of carbonyl (C=O) groups is 1. The van der Waals surface area contributed by atoms with Gasteiger partial charge in [-0.05, 0) is 43.6 Å². The van der Waals surface area contributed by atoms with Gasteiger partial charge in [0.1, 0.15) is 0 Å². The van der Waals surface area contributed by atoms with E-state index in [2.05, 4.69) is 31.4 Å². The molecule has 1 fully saturated rings. The fourth-order valence-electron chi connectivity index (χ4n) is 3.36. The molecule has 0 aromatic carbocycles. The van der Waals surface area contributed by atoms with Crippen LogP contribution in [0.5, 0.6) is 0 Å². The number of amides is 1. The summed E-state index contributed by atoms with van der Waals surface area (Å²) < 4.78 is 0. The van der Waals surface area contributed by atoms with Crippen LogP contribution in [0.4, 0.5) is 0 Å². The summed E-state index contributed by atoms with van der Waals surface area (Å²) in [5, 5.41) is 6.00. The van der Waals surface area contributed by atoms with Crippen LogP contribution in [0.2, 0.25) is 0 Å². The number of rotatable bonds is 5. The SMILES string of the molecule is CNCCNC(=O)CC1CC(C)CC(C)(C)C1. The molecule has 0 aliphatic heterocycles. The molecule has 0 bridgehead atoms. The molecule has 0 heterocycles. The average Bonchev–Trinajstić information content (AvgIpc) is 2.14. The smallest absolute Gasteiger partial charge is 0.220 e. The predicted molar refractivity (Wildman–Crippen MR) is 71.8 cm³/mol. The van der Waals surface area contributed by atoms with Crippen molar-refractivity contribution in [3.8, 4) is 0 Å². The van der Waals surface area contributed by atoms with Crippen LogP contribution in [0, 0.1) is 17.3 Å². The maximum atomic E-state index is 11.8. The molecule has 2 N–H and O–H groups in total. The zero-order valence-electron chi connectivity index (χ0n) is 11.8. The van der Waals surface area contributed by atoms with E-state index >= 15 is 0 Å². The monoisotopic (exact) mass is 240 g/mol. The molecule has 0 radical (unpaired) electrons. The van der Waals surface area contributed by atoms with Crippen LogP contribution in [0.15, 0.2) is 0 Å². The Labute approximate surface area is 106 Å². The molecule has 17 heavy (non-hydrogen) atoms. The van der Waals surface area contributed by atoms with Crippen LogP contribution in [0.1, 0.15) is 46.5 Å². The van der Waals surface area contributed by atoms with Crippen molar-refractivity contribution >= 4 is 5.91 Å². The van der Waals surface area contributed by atoms with Crippen molar-refractivity contribution < 1.29 is 4.79 Å². The summed E-state index contributed by atoms with van der Waals surface area (Å²) in [5.41, 5.74) is 0.410. The van der Waals surface area contributed by atoms with Gasteiger partial charge in [-0.25, -0.2) is 0 Å². The molecule has 1 amide bonds. The molecular weight excluding hydrogens is 212 g/mol. The lowest BCUT2D eigenvalue weighted by Gasteiger charge is -2.38. The first-order valence-corrected chi connectivity index (χ1v) is 6.84. The van der Waals surface area contributed by atoms with Gasteiger partial charge in [-0.2, -0.15) is 0 Å². The highest BCUT2D eigenvalue weighted by molar-refractivity contribution is 5.76. The lowest BCUT2D eigenvalue weighted by Crippen LogP contribution is -2.34. The van der Waals surface area contributed by atoms with Gasteiger partial charge in [0.15, 0.2) is 0 Å². The molecule has 2 atom stereocenters. The third kappa shape index (κ3) is 5.53. The minimum atomic E-state index is 0.218. The zero-order valence-corrected chi connectivity index (χ0v) is 11.8. The van der Waals surface area contributed by atoms with Gasteiger partial charge < -0.3 is 10.6 Å². The maximum absolute atomic E-state index is 11.8. The lowest BCUT2D eigenvalue weighted by molar-refractivity contribution is -0.122. The molecule has 3 nitrogen and oxygen atoms in total. The molecule has 0 spiro atoms. The number of nitrogens with one attached hydrogen (secondary N) is 2. The van der Waals surface area contributed by atoms with Gasteiger partial charge in [0, 0.05) is 19.5 Å². The molecule has 2 unspecified atom stereocenters. The minimum absolute atomic E-state index is 0.218. The maximum Gasteiger partial charge on any atom is 0.220 e. The van der Waals surface area contributed by atoms with Gasteiger partial charge in [-0.15, -0.1) is 0 Å². The second-order valence-corrected chi connectivity index (χ2v) is 6.44. The Bertz CT molecular complexity index is 251. The van der Waals surface area contributed by atoms with E-state index in [1.54, 1.807) is 0 Å². The van der Waals surface area contributed by atoms with Crippen LogP contribution in [-0.2, 0) is 4.79 Å². The standard InChI is InChI=1S/C14H28N2O/c1-11-7-12(10-14(2,3)9-11)8-13(17)16-6-5-15-4/h11-12,15H,5-10H2,1-4H3,(H,16,17). The molecule has 100 valence electrons. The summed E-state index contributed by atoms with van der Waals surface area (Å²) >= 11 is 0. The summed E-state index contributed by atoms with van der Waals surface area (Å²) in [6.45, 7) is 8.55. The van der Waals surface area contributed by atoms with E-state index < -0.39 is 0 Å². The summed E-state index contributed by atoms with van der Waals surface area (Å²) in [6, 6.07) is 0. The number of hydrogen-bond acceptors (Lipinski definition) is 2. The molecule has 1 aliphatic rings. The van der Waals surface area contributed by atoms with E-state index in [0.717, 1.165) is 19.0 Å². The van der Waals surface area contributed by atoms with Crippen LogP contribution >= 0.6 is 0 Å². The quantitative estimate of drug-likeness (QED) is 0.723. The summed E-state index contributed by atoms with van der Waals surface area (Å²) in [7, 11) is 1.90. The molecular formula is C14H28N2O. The topological polar surface area (TPSA) is 41.1 Å². The Hall–Kier alpha value is -0.570. The summed E-state index contributed by atoms with van der Waals surface area (Å²) in [4.78, 5) is 11.8. The van der Waals surface area contributed by atoms with Crippen LogP contribution in [0.3, 0.4) is 0 Å². The van der Waals surface area contributed by atoms with Gasteiger partial charge >= 0.3 is 0 Å². The largest absolute Gasteiger partial charge is 0.355 e. The van der Waals surface area contributed by atoms with Crippen molar-refractivity contribution in [1.82, 2.24) is 10.6 Å². The highest BCUT2D eigenvalue weighted by atomic mass is 16.1. The van der Waals surface area contributed by atoms with Crippen molar-refractivity contribution in [2.45, 2.75) is 46.5 Å². The first-order valence-electron chi connectivity index (χ1n) is 6.84. The fraction of sp³-hybridized carbons (Fsp3) is 0.929. The van der Waals surface area contributed by atoms with Gasteiger partial charge in [-0.3, -0.25) is 4.79 Å². The fourth-order valence-corrected chi connectivity index (χ4v) is 3.36. The highest BCUT2D eigenvalue weighted by Gasteiger charge is 2.32. The first-order chi connectivity index (χ1) is 7.93. The molecule has 3 heteroatoms. The summed E-state index contributed by atoms with van der Waals surface area (Å²) in [6.07, 6.45) is 4.40. The van der Waals surface area contributed by atoms with Gasteiger partial charge in [-0.1, -0.05) is 20.8 Å². The van der Waals surface area contributed by atoms with Gasteiger partial charge in [0.2, 0.25) is 5.91 Å². The van der Waals surface area contributed by atoms with E-state index in [4.69, 9.17) is 0 Å². The summed E-state index contributed by atoms with van der Waals surface area (Å²) in [5.74, 6) is 1.55. The Morgan fingerprint density at radius 2 is 2.00 bits per heavy atom. The van der Waals surface area contributed by atoms with Crippen molar-refractivity contribution in [2.75, 3.05) is 20.1 Å². The van der Waals surface area contributed by atoms with Crippen molar-refractivity contribution in [1.29, 1.82) is 0 Å². The third-order valence-corrected chi connectivity index (χ3v) is 3.65. The Morgan fingerprint density at radius 3 is 2.59 bits per heavy atom. The molecule has 1 saturated carbocycles. The van der Waals surface area contributed by atoms with E-state index in [-0.39, 0.29) is 5.91 Å². The number of hydrogen-bond donors (Lipinski definition) is 2. The number of carbonyl (C=O) groups excluding carboxylic acids is 1. The minimum Gasteiger partial charge on any atom is -0.355 e. The Kier molecular flexibility index (Phi) is 5.44. The highest BCUT2D eigenvalue weighted by Crippen LogP contribution is 2.42. The molecule has 1 rings (SSSR count). The van der Waals surface area contributed by atoms with Crippen LogP contribution in [-0.4, -0.2) is 26.0 Å². The van der Waals surface area contributed by atoms with Gasteiger partial charge in [0.25, 0.3) is 0 Å². The van der Waals surface area contributed by atoms with Crippen LogP contribution < -0.4 is 10.6 Å². The second kappa shape index (κ2) is 6.39. The third-order valence-electron chi connectivity index (χ3n) is 3.65.